The van der Waals surface area contributed by atoms with Crippen molar-refractivity contribution in [1.29, 1.82) is 0 Å². The van der Waals surface area contributed by atoms with E-state index in [-0.39, 0.29) is 35.2 Å². The number of anilines is 1. The highest BCUT2D eigenvalue weighted by Crippen LogP contribution is 2.48. The second kappa shape index (κ2) is 9.11. The van der Waals surface area contributed by atoms with E-state index in [9.17, 15) is 13.2 Å². The van der Waals surface area contributed by atoms with E-state index in [0.717, 1.165) is 0 Å². The molecule has 0 bridgehead atoms. The summed E-state index contributed by atoms with van der Waals surface area (Å²) in [5.74, 6) is 1.00. The average Bonchev–Trinajstić information content (AvgIpc) is 3.62. The van der Waals surface area contributed by atoms with Crippen LogP contribution in [0.1, 0.15) is 11.3 Å². The molecule has 4 aromatic rings. The Morgan fingerprint density at radius 2 is 2.00 bits per heavy atom. The van der Waals surface area contributed by atoms with E-state index in [0.29, 0.717) is 28.2 Å². The molecule has 11 heteroatoms. The van der Waals surface area contributed by atoms with Crippen LogP contribution in [0.25, 0.3) is 17.0 Å². The predicted molar refractivity (Wildman–Crippen MR) is 126 cm³/mol. The summed E-state index contributed by atoms with van der Waals surface area (Å²) in [7, 11) is -2.65. The first-order chi connectivity index (χ1) is 17.0. The van der Waals surface area contributed by atoms with Gasteiger partial charge in [0.15, 0.2) is 11.5 Å². The Morgan fingerprint density at radius 1 is 1.11 bits per heavy atom. The van der Waals surface area contributed by atoms with Crippen molar-refractivity contribution in [3.05, 3.63) is 72.4 Å². The lowest BCUT2D eigenvalue weighted by molar-refractivity contribution is -0.116. The van der Waals surface area contributed by atoms with Gasteiger partial charge in [-0.05, 0) is 36.4 Å². The van der Waals surface area contributed by atoms with Crippen LogP contribution in [-0.2, 0) is 21.4 Å². The Kier molecular flexibility index (Phi) is 5.83. The van der Waals surface area contributed by atoms with Gasteiger partial charge in [-0.2, -0.15) is 0 Å². The Morgan fingerprint density at radius 3 is 2.80 bits per heavy atom. The molecule has 1 amide bonds. The molecule has 0 aliphatic carbocycles. The van der Waals surface area contributed by atoms with Gasteiger partial charge in [-0.3, -0.25) is 9.52 Å². The van der Waals surface area contributed by atoms with E-state index in [1.165, 1.54) is 43.9 Å². The fourth-order valence-electron chi connectivity index (χ4n) is 3.68. The Bertz CT molecular complexity index is 1520. The minimum atomic E-state index is -4.06. The van der Waals surface area contributed by atoms with E-state index >= 15 is 0 Å². The number of carbonyl (C=O) groups excluding carboxylic acids is 1. The van der Waals surface area contributed by atoms with Crippen LogP contribution >= 0.6 is 0 Å². The zero-order chi connectivity index (χ0) is 24.4. The van der Waals surface area contributed by atoms with Crippen molar-refractivity contribution in [1.82, 2.24) is 5.32 Å². The number of carbonyl (C=O) groups is 1. The molecule has 180 valence electrons. The van der Waals surface area contributed by atoms with Crippen molar-refractivity contribution in [2.75, 3.05) is 18.6 Å². The number of fused-ring (bicyclic) bond motifs is 2. The summed E-state index contributed by atoms with van der Waals surface area (Å²) in [6, 6.07) is 11.3. The van der Waals surface area contributed by atoms with Crippen LogP contribution in [0.3, 0.4) is 0 Å². The second-order valence-corrected chi connectivity index (χ2v) is 9.08. The first kappa shape index (κ1) is 22.4. The third kappa shape index (κ3) is 4.41. The lowest BCUT2D eigenvalue weighted by Crippen LogP contribution is -2.20. The molecule has 0 fully saturated rings. The second-order valence-electron chi connectivity index (χ2n) is 7.43. The highest BCUT2D eigenvalue weighted by Gasteiger charge is 2.27. The number of ether oxygens (including phenoxy) is 3. The van der Waals surface area contributed by atoms with Crippen LogP contribution in [0, 0.1) is 0 Å². The number of rotatable bonds is 8. The quantitative estimate of drug-likeness (QED) is 0.352. The van der Waals surface area contributed by atoms with Crippen LogP contribution in [0.5, 0.6) is 17.2 Å². The van der Waals surface area contributed by atoms with E-state index in [1.807, 2.05) is 0 Å². The number of amides is 1. The molecule has 2 aromatic carbocycles. The van der Waals surface area contributed by atoms with Crippen molar-refractivity contribution >= 4 is 38.7 Å². The molecule has 10 nitrogen and oxygen atoms in total. The molecule has 2 N–H and O–H groups in total. The Balaban J connectivity index is 1.50. The number of benzene rings is 2. The van der Waals surface area contributed by atoms with Crippen molar-refractivity contribution < 1.29 is 36.3 Å². The number of nitrogens with one attached hydrogen (secondary N) is 2. The number of methoxy groups -OCH3 is 1. The molecule has 0 radical (unpaired) electrons. The zero-order valence-corrected chi connectivity index (χ0v) is 19.3. The SMILES string of the molecule is COc1c(/C=C/C(=O)NCc2ccco2)c(NS(=O)(=O)c2cccc3occc23)cc2c1OCO2. The van der Waals surface area contributed by atoms with Crippen LogP contribution < -0.4 is 24.2 Å². The van der Waals surface area contributed by atoms with E-state index < -0.39 is 15.9 Å². The first-order valence-electron chi connectivity index (χ1n) is 10.4. The normalized spacial score (nSPS) is 12.8. The maximum absolute atomic E-state index is 13.4. The summed E-state index contributed by atoms with van der Waals surface area (Å²) < 4.78 is 56.3. The summed E-state index contributed by atoms with van der Waals surface area (Å²) >= 11 is 0. The van der Waals surface area contributed by atoms with Crippen molar-refractivity contribution in [3.63, 3.8) is 0 Å². The molecule has 3 heterocycles. The lowest BCUT2D eigenvalue weighted by Gasteiger charge is -2.16. The molecule has 35 heavy (non-hydrogen) atoms. The van der Waals surface area contributed by atoms with E-state index in [2.05, 4.69) is 10.0 Å². The molecule has 0 atom stereocenters. The lowest BCUT2D eigenvalue weighted by atomic mass is 10.1. The zero-order valence-electron chi connectivity index (χ0n) is 18.4. The topological polar surface area (TPSA) is 129 Å². The maximum atomic E-state index is 13.4. The summed E-state index contributed by atoms with van der Waals surface area (Å²) in [4.78, 5) is 12.4. The fraction of sp³-hybridized carbons (Fsp3) is 0.125. The van der Waals surface area contributed by atoms with Gasteiger partial charge in [0.25, 0.3) is 10.0 Å². The minimum absolute atomic E-state index is 0.0338. The van der Waals surface area contributed by atoms with Gasteiger partial charge >= 0.3 is 0 Å². The largest absolute Gasteiger partial charge is 0.492 e. The fourth-order valence-corrected chi connectivity index (χ4v) is 4.97. The maximum Gasteiger partial charge on any atom is 0.262 e. The summed E-state index contributed by atoms with van der Waals surface area (Å²) in [6.45, 7) is 0.144. The Labute approximate surface area is 200 Å². The van der Waals surface area contributed by atoms with Gasteiger partial charge in [0, 0.05) is 23.1 Å². The molecule has 1 aliphatic rings. The van der Waals surface area contributed by atoms with Crippen LogP contribution in [0.2, 0.25) is 0 Å². The molecular formula is C24H20N2O8S. The number of hydrogen-bond donors (Lipinski definition) is 2. The minimum Gasteiger partial charge on any atom is -0.492 e. The predicted octanol–water partition coefficient (Wildman–Crippen LogP) is 3.89. The van der Waals surface area contributed by atoms with Gasteiger partial charge in [0.2, 0.25) is 18.4 Å². The van der Waals surface area contributed by atoms with E-state index in [1.54, 1.807) is 30.3 Å². The van der Waals surface area contributed by atoms with Crippen LogP contribution in [0.15, 0.2) is 74.8 Å². The third-order valence-electron chi connectivity index (χ3n) is 5.27. The smallest absolute Gasteiger partial charge is 0.262 e. The molecule has 5 rings (SSSR count). The van der Waals surface area contributed by atoms with Crippen LogP contribution in [-0.4, -0.2) is 28.2 Å². The van der Waals surface area contributed by atoms with Gasteiger partial charge in [-0.25, -0.2) is 8.42 Å². The van der Waals surface area contributed by atoms with Gasteiger partial charge in [-0.1, -0.05) is 6.07 Å². The van der Waals surface area contributed by atoms with Gasteiger partial charge in [0.05, 0.1) is 36.8 Å². The van der Waals surface area contributed by atoms with Gasteiger partial charge in [-0.15, -0.1) is 0 Å². The van der Waals surface area contributed by atoms with Crippen molar-refractivity contribution in [2.45, 2.75) is 11.4 Å². The highest BCUT2D eigenvalue weighted by atomic mass is 32.2. The standard InChI is InChI=1S/C24H20N2O8S/c1-30-23-16(7-8-22(27)25-13-15-4-3-10-31-15)18(12-20-24(23)34-14-33-20)26-35(28,29)21-6-2-5-19-17(21)9-11-32-19/h2-12,26H,13-14H2,1H3,(H,25,27)/b8-7+. The van der Waals surface area contributed by atoms with Gasteiger partial charge < -0.3 is 28.4 Å². The first-order valence-corrected chi connectivity index (χ1v) is 11.9. The van der Waals surface area contributed by atoms with Gasteiger partial charge in [0.1, 0.15) is 11.3 Å². The summed E-state index contributed by atoms with van der Waals surface area (Å²) in [6.07, 6.45) is 5.63. The van der Waals surface area contributed by atoms with Crippen molar-refractivity contribution in [3.8, 4) is 17.2 Å². The number of hydrogen-bond acceptors (Lipinski definition) is 8. The number of furan rings is 2. The molecule has 0 saturated heterocycles. The Hall–Kier alpha value is -4.38. The molecular weight excluding hydrogens is 476 g/mol. The molecule has 0 spiro atoms. The molecule has 1 aliphatic heterocycles. The summed E-state index contributed by atoms with van der Waals surface area (Å²) in [5.41, 5.74) is 0.860. The third-order valence-corrected chi connectivity index (χ3v) is 6.69. The summed E-state index contributed by atoms with van der Waals surface area (Å²) in [5, 5.41) is 3.12. The monoisotopic (exact) mass is 496 g/mol. The van der Waals surface area contributed by atoms with Crippen molar-refractivity contribution in [2.24, 2.45) is 0 Å². The number of sulfonamides is 1. The van der Waals surface area contributed by atoms with Crippen LogP contribution in [0.4, 0.5) is 5.69 Å². The van der Waals surface area contributed by atoms with E-state index in [4.69, 9.17) is 23.0 Å². The average molecular weight is 496 g/mol. The molecule has 0 unspecified atom stereocenters. The molecule has 0 saturated carbocycles. The highest BCUT2D eigenvalue weighted by molar-refractivity contribution is 7.93. The molecule has 2 aromatic heterocycles.